The molecule has 0 aliphatic carbocycles. The highest BCUT2D eigenvalue weighted by molar-refractivity contribution is 7.89. The normalized spacial score (nSPS) is 25.1. The van der Waals surface area contributed by atoms with Crippen LogP contribution in [-0.2, 0) is 14.8 Å². The van der Waals surface area contributed by atoms with E-state index in [9.17, 15) is 8.42 Å². The van der Waals surface area contributed by atoms with E-state index in [1.807, 2.05) is 0 Å². The first-order chi connectivity index (χ1) is 6.53. The third-order valence-corrected chi connectivity index (χ3v) is 3.66. The fourth-order valence-electron chi connectivity index (χ4n) is 1.41. The molecule has 2 N–H and O–H groups in total. The molecule has 1 saturated heterocycles. The molecule has 0 spiro atoms. The van der Waals surface area contributed by atoms with Gasteiger partial charge < -0.3 is 9.84 Å². The Kier molecular flexibility index (Phi) is 4.31. The van der Waals surface area contributed by atoms with Gasteiger partial charge in [-0.2, -0.15) is 0 Å². The molecule has 1 aliphatic heterocycles. The van der Waals surface area contributed by atoms with Gasteiger partial charge in [-0.15, -0.1) is 0 Å². The maximum atomic E-state index is 11.5. The second-order valence-electron chi connectivity index (χ2n) is 3.62. The maximum absolute atomic E-state index is 11.5. The predicted molar refractivity (Wildman–Crippen MR) is 52.4 cm³/mol. The average Bonchev–Trinajstić information content (AvgIpc) is 2.54. The minimum Gasteiger partial charge on any atom is -0.395 e. The Morgan fingerprint density at radius 2 is 2.36 bits per heavy atom. The SMILES string of the molecule is CC(CO)NS(=O)(=O)CC1CCCO1. The highest BCUT2D eigenvalue weighted by Gasteiger charge is 2.24. The van der Waals surface area contributed by atoms with E-state index in [1.54, 1.807) is 6.92 Å². The molecule has 0 saturated carbocycles. The lowest BCUT2D eigenvalue weighted by Gasteiger charge is -2.14. The molecular formula is C8H17NO4S. The summed E-state index contributed by atoms with van der Waals surface area (Å²) in [6, 6.07) is -0.429. The van der Waals surface area contributed by atoms with E-state index in [0.717, 1.165) is 12.8 Å². The van der Waals surface area contributed by atoms with Crippen LogP contribution in [-0.4, -0.2) is 44.6 Å². The van der Waals surface area contributed by atoms with Gasteiger partial charge in [0.25, 0.3) is 0 Å². The standard InChI is InChI=1S/C8H17NO4S/c1-7(5-10)9-14(11,12)6-8-3-2-4-13-8/h7-10H,2-6H2,1H3. The van der Waals surface area contributed by atoms with Crippen LogP contribution < -0.4 is 4.72 Å². The summed E-state index contributed by atoms with van der Waals surface area (Å²) < 4.78 is 30.5. The van der Waals surface area contributed by atoms with Crippen molar-refractivity contribution < 1.29 is 18.3 Å². The minimum absolute atomic E-state index is 0.00264. The molecule has 0 amide bonds. The van der Waals surface area contributed by atoms with Crippen LogP contribution in [0, 0.1) is 0 Å². The lowest BCUT2D eigenvalue weighted by atomic mass is 10.3. The zero-order chi connectivity index (χ0) is 10.6. The molecule has 0 bridgehead atoms. The first kappa shape index (κ1) is 11.9. The Bertz CT molecular complexity index is 259. The number of hydrogen-bond donors (Lipinski definition) is 2. The van der Waals surface area contributed by atoms with Crippen LogP contribution in [0.5, 0.6) is 0 Å². The van der Waals surface area contributed by atoms with Crippen molar-refractivity contribution in [3.63, 3.8) is 0 Å². The Balaban J connectivity index is 2.40. The van der Waals surface area contributed by atoms with E-state index >= 15 is 0 Å². The minimum atomic E-state index is -3.31. The lowest BCUT2D eigenvalue weighted by molar-refractivity contribution is 0.127. The van der Waals surface area contributed by atoms with Gasteiger partial charge in [-0.3, -0.25) is 0 Å². The summed E-state index contributed by atoms with van der Waals surface area (Å²) in [5.74, 6) is -0.00264. The highest BCUT2D eigenvalue weighted by atomic mass is 32.2. The van der Waals surface area contributed by atoms with Crippen LogP contribution in [0.2, 0.25) is 0 Å². The number of aliphatic hydroxyl groups is 1. The summed E-state index contributed by atoms with van der Waals surface area (Å²) in [6.45, 7) is 2.08. The van der Waals surface area contributed by atoms with Gasteiger partial charge in [0.1, 0.15) is 0 Å². The van der Waals surface area contributed by atoms with Crippen LogP contribution in [0.15, 0.2) is 0 Å². The number of rotatable bonds is 5. The van der Waals surface area contributed by atoms with E-state index in [2.05, 4.69) is 4.72 Å². The van der Waals surface area contributed by atoms with Gasteiger partial charge in [0, 0.05) is 12.6 Å². The van der Waals surface area contributed by atoms with Crippen molar-refractivity contribution in [1.82, 2.24) is 4.72 Å². The van der Waals surface area contributed by atoms with E-state index in [0.29, 0.717) is 6.61 Å². The monoisotopic (exact) mass is 223 g/mol. The van der Waals surface area contributed by atoms with Gasteiger partial charge in [-0.25, -0.2) is 13.1 Å². The van der Waals surface area contributed by atoms with Crippen molar-refractivity contribution in [2.45, 2.75) is 31.9 Å². The van der Waals surface area contributed by atoms with Gasteiger partial charge >= 0.3 is 0 Å². The third kappa shape index (κ3) is 3.91. The van der Waals surface area contributed by atoms with Gasteiger partial charge in [-0.05, 0) is 19.8 Å². The number of nitrogens with one attached hydrogen (secondary N) is 1. The van der Waals surface area contributed by atoms with Crippen LogP contribution in [0.4, 0.5) is 0 Å². The third-order valence-electron chi connectivity index (χ3n) is 2.08. The first-order valence-electron chi connectivity index (χ1n) is 4.76. The molecule has 14 heavy (non-hydrogen) atoms. The second kappa shape index (κ2) is 5.06. The predicted octanol–water partition coefficient (Wildman–Crippen LogP) is -0.534. The largest absolute Gasteiger partial charge is 0.395 e. The molecule has 0 aromatic carbocycles. The van der Waals surface area contributed by atoms with Crippen LogP contribution in [0.1, 0.15) is 19.8 Å². The van der Waals surface area contributed by atoms with E-state index in [4.69, 9.17) is 9.84 Å². The molecule has 0 aromatic rings. The number of sulfonamides is 1. The van der Waals surface area contributed by atoms with Crippen LogP contribution in [0.3, 0.4) is 0 Å². The number of aliphatic hydroxyl groups excluding tert-OH is 1. The Morgan fingerprint density at radius 3 is 2.86 bits per heavy atom. The smallest absolute Gasteiger partial charge is 0.214 e. The summed E-state index contributed by atoms with van der Waals surface area (Å²) in [5.41, 5.74) is 0. The Morgan fingerprint density at radius 1 is 1.64 bits per heavy atom. The van der Waals surface area contributed by atoms with Crippen molar-refractivity contribution in [1.29, 1.82) is 0 Å². The molecule has 2 atom stereocenters. The van der Waals surface area contributed by atoms with Crippen molar-refractivity contribution in [2.24, 2.45) is 0 Å². The van der Waals surface area contributed by atoms with Crippen molar-refractivity contribution in [3.05, 3.63) is 0 Å². The molecule has 6 heteroatoms. The van der Waals surface area contributed by atoms with Crippen molar-refractivity contribution in [2.75, 3.05) is 19.0 Å². The number of ether oxygens (including phenoxy) is 1. The summed E-state index contributed by atoms with van der Waals surface area (Å²) in [5, 5.41) is 8.70. The molecule has 1 aliphatic rings. The quantitative estimate of drug-likeness (QED) is 0.656. The highest BCUT2D eigenvalue weighted by Crippen LogP contribution is 2.13. The second-order valence-corrected chi connectivity index (χ2v) is 5.42. The Labute approximate surface area is 84.5 Å². The van der Waals surface area contributed by atoms with Gasteiger partial charge in [-0.1, -0.05) is 0 Å². The average molecular weight is 223 g/mol. The van der Waals surface area contributed by atoms with Crippen molar-refractivity contribution in [3.8, 4) is 0 Å². The maximum Gasteiger partial charge on any atom is 0.214 e. The molecule has 1 rings (SSSR count). The first-order valence-corrected chi connectivity index (χ1v) is 6.41. The molecule has 84 valence electrons. The van der Waals surface area contributed by atoms with Gasteiger partial charge in [0.05, 0.1) is 18.5 Å². The van der Waals surface area contributed by atoms with Crippen LogP contribution >= 0.6 is 0 Å². The van der Waals surface area contributed by atoms with E-state index in [-0.39, 0.29) is 18.5 Å². The van der Waals surface area contributed by atoms with Crippen molar-refractivity contribution >= 4 is 10.0 Å². The van der Waals surface area contributed by atoms with Crippen LogP contribution in [0.25, 0.3) is 0 Å². The fraction of sp³-hybridized carbons (Fsp3) is 1.00. The van der Waals surface area contributed by atoms with Gasteiger partial charge in [0.15, 0.2) is 0 Å². The molecule has 0 radical (unpaired) electrons. The molecule has 2 unspecified atom stereocenters. The number of hydrogen-bond acceptors (Lipinski definition) is 4. The van der Waals surface area contributed by atoms with Gasteiger partial charge in [0.2, 0.25) is 10.0 Å². The summed E-state index contributed by atoms with van der Waals surface area (Å²) in [6.07, 6.45) is 1.54. The summed E-state index contributed by atoms with van der Waals surface area (Å²) in [7, 11) is -3.31. The lowest BCUT2D eigenvalue weighted by Crippen LogP contribution is -2.39. The zero-order valence-electron chi connectivity index (χ0n) is 8.27. The Hall–Kier alpha value is -0.170. The molecule has 1 fully saturated rings. The van der Waals surface area contributed by atoms with E-state index in [1.165, 1.54) is 0 Å². The van der Waals surface area contributed by atoms with E-state index < -0.39 is 16.1 Å². The topological polar surface area (TPSA) is 75.6 Å². The molecular weight excluding hydrogens is 206 g/mol. The molecule has 0 aromatic heterocycles. The zero-order valence-corrected chi connectivity index (χ0v) is 9.09. The summed E-state index contributed by atoms with van der Waals surface area (Å²) >= 11 is 0. The molecule has 5 nitrogen and oxygen atoms in total. The summed E-state index contributed by atoms with van der Waals surface area (Å²) in [4.78, 5) is 0. The fourth-order valence-corrected chi connectivity index (χ4v) is 2.95. The molecule has 1 heterocycles.